The summed E-state index contributed by atoms with van der Waals surface area (Å²) < 4.78 is 0. The van der Waals surface area contributed by atoms with Gasteiger partial charge in [-0.25, -0.2) is 0 Å². The molecule has 1 amide bonds. The molecule has 24 heavy (non-hydrogen) atoms. The van der Waals surface area contributed by atoms with E-state index in [1.807, 2.05) is 24.3 Å². The molecule has 1 atom stereocenters. The van der Waals surface area contributed by atoms with E-state index >= 15 is 0 Å². The number of thiophene rings is 1. The van der Waals surface area contributed by atoms with Gasteiger partial charge in [-0.2, -0.15) is 0 Å². The second-order valence-corrected chi connectivity index (χ2v) is 8.17. The topological polar surface area (TPSA) is 44.4 Å². The minimum absolute atomic E-state index is 0.0178. The van der Waals surface area contributed by atoms with Crippen LogP contribution in [0.4, 0.5) is 5.00 Å². The molecule has 126 valence electrons. The Morgan fingerprint density at radius 3 is 2.92 bits per heavy atom. The number of nitrogens with one attached hydrogen (secondary N) is 2. The van der Waals surface area contributed by atoms with Crippen molar-refractivity contribution in [2.75, 3.05) is 11.9 Å². The standard InChI is InChI=1S/C18H20ClN3OS/c1-10(2)22-7-6-13-14(9-22)24-18-15(13)17(23)20-16(21-18)11-4-3-5-12(19)8-11/h3-5,8,10,16,21H,6-7,9H2,1-2H3,(H,20,23)/t16-/m1/s1. The Hall–Kier alpha value is -1.56. The van der Waals surface area contributed by atoms with Gasteiger partial charge in [0.15, 0.2) is 0 Å². The maximum Gasteiger partial charge on any atom is 0.256 e. The van der Waals surface area contributed by atoms with E-state index in [-0.39, 0.29) is 12.1 Å². The summed E-state index contributed by atoms with van der Waals surface area (Å²) >= 11 is 7.80. The lowest BCUT2D eigenvalue weighted by atomic mass is 9.99. The van der Waals surface area contributed by atoms with Crippen LogP contribution in [-0.2, 0) is 13.0 Å². The Bertz CT molecular complexity index is 802. The van der Waals surface area contributed by atoms with Gasteiger partial charge in [0.2, 0.25) is 0 Å². The van der Waals surface area contributed by atoms with E-state index in [9.17, 15) is 4.79 Å². The number of nitrogens with zero attached hydrogens (tertiary/aromatic N) is 1. The molecule has 0 fully saturated rings. The summed E-state index contributed by atoms with van der Waals surface area (Å²) in [4.78, 5) is 16.5. The fraction of sp³-hybridized carbons (Fsp3) is 0.389. The summed E-state index contributed by atoms with van der Waals surface area (Å²) in [6.45, 7) is 6.39. The number of carbonyl (C=O) groups is 1. The molecule has 0 unspecified atom stereocenters. The molecule has 0 saturated carbocycles. The van der Waals surface area contributed by atoms with E-state index in [2.05, 4.69) is 29.4 Å². The van der Waals surface area contributed by atoms with Crippen LogP contribution < -0.4 is 10.6 Å². The summed E-state index contributed by atoms with van der Waals surface area (Å²) in [6, 6.07) is 8.13. The molecule has 1 aromatic heterocycles. The smallest absolute Gasteiger partial charge is 0.256 e. The molecule has 0 spiro atoms. The monoisotopic (exact) mass is 361 g/mol. The molecule has 1 aromatic carbocycles. The van der Waals surface area contributed by atoms with E-state index in [4.69, 9.17) is 11.6 Å². The molecule has 2 aromatic rings. The van der Waals surface area contributed by atoms with Gasteiger partial charge in [-0.05, 0) is 43.5 Å². The van der Waals surface area contributed by atoms with E-state index < -0.39 is 0 Å². The van der Waals surface area contributed by atoms with Crippen molar-refractivity contribution in [2.24, 2.45) is 0 Å². The van der Waals surface area contributed by atoms with Crippen molar-refractivity contribution in [1.29, 1.82) is 0 Å². The molecular weight excluding hydrogens is 342 g/mol. The van der Waals surface area contributed by atoms with Gasteiger partial charge in [-0.1, -0.05) is 23.7 Å². The van der Waals surface area contributed by atoms with Crippen molar-refractivity contribution in [3.05, 3.63) is 50.9 Å². The number of benzene rings is 1. The van der Waals surface area contributed by atoms with E-state index in [1.54, 1.807) is 11.3 Å². The van der Waals surface area contributed by atoms with Gasteiger partial charge in [0.25, 0.3) is 5.91 Å². The summed E-state index contributed by atoms with van der Waals surface area (Å²) in [5.74, 6) is 0.0178. The highest BCUT2D eigenvalue weighted by molar-refractivity contribution is 7.16. The predicted molar refractivity (Wildman–Crippen MR) is 98.9 cm³/mol. The quantitative estimate of drug-likeness (QED) is 0.849. The van der Waals surface area contributed by atoms with Gasteiger partial charge in [0.05, 0.1) is 5.56 Å². The number of hydrogen-bond donors (Lipinski definition) is 2. The average molecular weight is 362 g/mol. The number of carbonyl (C=O) groups excluding carboxylic acids is 1. The van der Waals surface area contributed by atoms with Crippen LogP contribution >= 0.6 is 22.9 Å². The van der Waals surface area contributed by atoms with Crippen LogP contribution in [0.2, 0.25) is 5.02 Å². The molecule has 2 aliphatic rings. The highest BCUT2D eigenvalue weighted by Gasteiger charge is 2.33. The molecule has 0 bridgehead atoms. The van der Waals surface area contributed by atoms with Crippen LogP contribution in [-0.4, -0.2) is 23.4 Å². The molecule has 6 heteroatoms. The number of fused-ring (bicyclic) bond motifs is 3. The molecule has 4 nitrogen and oxygen atoms in total. The van der Waals surface area contributed by atoms with Crippen LogP contribution in [0, 0.1) is 0 Å². The van der Waals surface area contributed by atoms with Crippen molar-refractivity contribution >= 4 is 33.8 Å². The number of rotatable bonds is 2. The van der Waals surface area contributed by atoms with Crippen molar-refractivity contribution in [3.8, 4) is 0 Å². The molecular formula is C18H20ClN3OS. The van der Waals surface area contributed by atoms with Crippen molar-refractivity contribution in [3.63, 3.8) is 0 Å². The summed E-state index contributed by atoms with van der Waals surface area (Å²) in [5, 5.41) is 8.21. The Morgan fingerprint density at radius 2 is 2.17 bits per heavy atom. The zero-order chi connectivity index (χ0) is 16.8. The average Bonchev–Trinajstić information content (AvgIpc) is 2.92. The van der Waals surface area contributed by atoms with Gasteiger partial charge in [0, 0.05) is 29.0 Å². The fourth-order valence-corrected chi connectivity index (χ4v) is 4.93. The zero-order valence-corrected chi connectivity index (χ0v) is 15.3. The molecule has 0 aliphatic carbocycles. The van der Waals surface area contributed by atoms with Crippen LogP contribution in [0.5, 0.6) is 0 Å². The van der Waals surface area contributed by atoms with Gasteiger partial charge in [-0.3, -0.25) is 9.69 Å². The fourth-order valence-electron chi connectivity index (χ4n) is 3.43. The lowest BCUT2D eigenvalue weighted by molar-refractivity contribution is 0.0934. The zero-order valence-electron chi connectivity index (χ0n) is 13.7. The second-order valence-electron chi connectivity index (χ2n) is 6.63. The number of hydrogen-bond acceptors (Lipinski definition) is 4. The second kappa shape index (κ2) is 6.06. The first kappa shape index (κ1) is 15.9. The Balaban J connectivity index is 1.66. The predicted octanol–water partition coefficient (Wildman–Crippen LogP) is 4.02. The van der Waals surface area contributed by atoms with Crippen LogP contribution in [0.3, 0.4) is 0 Å². The van der Waals surface area contributed by atoms with E-state index in [1.165, 1.54) is 10.4 Å². The third kappa shape index (κ3) is 2.70. The lowest BCUT2D eigenvalue weighted by Crippen LogP contribution is -2.39. The van der Waals surface area contributed by atoms with Gasteiger partial charge >= 0.3 is 0 Å². The normalized spacial score (nSPS) is 20.3. The minimum atomic E-state index is -0.231. The Morgan fingerprint density at radius 1 is 1.33 bits per heavy atom. The maximum absolute atomic E-state index is 12.7. The lowest BCUT2D eigenvalue weighted by Gasteiger charge is -2.31. The summed E-state index contributed by atoms with van der Waals surface area (Å²) in [7, 11) is 0. The van der Waals surface area contributed by atoms with Gasteiger partial charge in [-0.15, -0.1) is 11.3 Å². The van der Waals surface area contributed by atoms with E-state index in [0.29, 0.717) is 11.1 Å². The first-order valence-electron chi connectivity index (χ1n) is 8.24. The minimum Gasteiger partial charge on any atom is -0.353 e. The third-order valence-electron chi connectivity index (χ3n) is 4.78. The molecule has 0 radical (unpaired) electrons. The Kier molecular flexibility index (Phi) is 4.03. The van der Waals surface area contributed by atoms with Crippen molar-refractivity contribution < 1.29 is 4.79 Å². The molecule has 2 N–H and O–H groups in total. The first-order valence-corrected chi connectivity index (χ1v) is 9.44. The van der Waals surface area contributed by atoms with Crippen LogP contribution in [0.15, 0.2) is 24.3 Å². The number of halogens is 1. The maximum atomic E-state index is 12.7. The third-order valence-corrected chi connectivity index (χ3v) is 6.16. The highest BCUT2D eigenvalue weighted by atomic mass is 35.5. The largest absolute Gasteiger partial charge is 0.353 e. The molecule has 2 aliphatic heterocycles. The van der Waals surface area contributed by atoms with Crippen molar-refractivity contribution in [2.45, 2.75) is 39.0 Å². The molecule has 0 saturated heterocycles. The summed E-state index contributed by atoms with van der Waals surface area (Å²) in [5.41, 5.74) is 3.04. The molecule has 4 rings (SSSR count). The summed E-state index contributed by atoms with van der Waals surface area (Å²) in [6.07, 6.45) is 0.709. The number of amides is 1. The van der Waals surface area contributed by atoms with Crippen LogP contribution in [0.25, 0.3) is 0 Å². The highest BCUT2D eigenvalue weighted by Crippen LogP contribution is 2.41. The van der Waals surface area contributed by atoms with Crippen molar-refractivity contribution in [1.82, 2.24) is 10.2 Å². The first-order chi connectivity index (χ1) is 11.5. The molecule has 3 heterocycles. The van der Waals surface area contributed by atoms with Gasteiger partial charge in [0.1, 0.15) is 11.2 Å². The Labute approximate surface area is 150 Å². The van der Waals surface area contributed by atoms with Crippen LogP contribution in [0.1, 0.15) is 46.4 Å². The SMILES string of the molecule is CC(C)N1CCc2c(sc3c2C(=O)N[C@@H](c2cccc(Cl)c2)N3)C1. The van der Waals surface area contributed by atoms with E-state index in [0.717, 1.165) is 35.6 Å². The number of anilines is 1. The van der Waals surface area contributed by atoms with Gasteiger partial charge < -0.3 is 10.6 Å².